The van der Waals surface area contributed by atoms with E-state index in [4.69, 9.17) is 5.26 Å². The minimum atomic E-state index is -3.07. The largest absolute Gasteiger partial charge is 0.354 e. The highest BCUT2D eigenvalue weighted by atomic mass is 32.2. The molecule has 1 fully saturated rings. The normalized spacial score (nSPS) is 17.9. The molecule has 1 N–H and O–H groups in total. The number of rotatable bonds is 5. The van der Waals surface area contributed by atoms with E-state index in [9.17, 15) is 13.2 Å². The van der Waals surface area contributed by atoms with Gasteiger partial charge in [0.25, 0.3) is 5.91 Å². The molecule has 8 heteroatoms. The van der Waals surface area contributed by atoms with Crippen LogP contribution in [0.25, 0.3) is 0 Å². The van der Waals surface area contributed by atoms with E-state index < -0.39 is 9.84 Å². The highest BCUT2D eigenvalue weighted by Gasteiger charge is 2.34. The zero-order chi connectivity index (χ0) is 19.4. The van der Waals surface area contributed by atoms with Crippen LogP contribution in [0.2, 0.25) is 0 Å². The minimum Gasteiger partial charge on any atom is -0.354 e. The molecule has 0 radical (unpaired) electrons. The number of amides is 1. The summed E-state index contributed by atoms with van der Waals surface area (Å²) in [7, 11) is -3.07. The van der Waals surface area contributed by atoms with Crippen molar-refractivity contribution in [3.63, 3.8) is 0 Å². The van der Waals surface area contributed by atoms with Gasteiger partial charge in [0.2, 0.25) is 0 Å². The topological polar surface area (TPSA) is 103 Å². The van der Waals surface area contributed by atoms with E-state index in [1.165, 1.54) is 6.20 Å². The molecular formula is C19H20N4O3S. The summed E-state index contributed by atoms with van der Waals surface area (Å²) < 4.78 is 23.5. The van der Waals surface area contributed by atoms with Crippen molar-refractivity contribution in [2.75, 3.05) is 23.4 Å². The molecule has 2 heterocycles. The molecule has 1 atom stereocenters. The first kappa shape index (κ1) is 18.9. The SMILES string of the molecule is CCN(C(=O)c1cncc(Nc2ccc(C#N)cc2)c1)C1CCS(=O)(=O)C1. The Balaban J connectivity index is 1.77. The molecule has 1 aliphatic heterocycles. The molecule has 0 saturated carbocycles. The van der Waals surface area contributed by atoms with Crippen LogP contribution in [-0.4, -0.2) is 48.3 Å². The molecule has 0 bridgehead atoms. The molecule has 0 aliphatic carbocycles. The predicted molar refractivity (Wildman–Crippen MR) is 102 cm³/mol. The van der Waals surface area contributed by atoms with Crippen molar-refractivity contribution >= 4 is 27.1 Å². The molecule has 1 unspecified atom stereocenters. The fraction of sp³-hybridized carbons (Fsp3) is 0.316. The van der Waals surface area contributed by atoms with Crippen molar-refractivity contribution in [3.8, 4) is 6.07 Å². The highest BCUT2D eigenvalue weighted by Crippen LogP contribution is 2.22. The van der Waals surface area contributed by atoms with E-state index in [1.54, 1.807) is 41.4 Å². The fourth-order valence-electron chi connectivity index (χ4n) is 3.17. The fourth-order valence-corrected chi connectivity index (χ4v) is 4.91. The Kier molecular flexibility index (Phi) is 5.42. The van der Waals surface area contributed by atoms with Crippen molar-refractivity contribution in [1.82, 2.24) is 9.88 Å². The lowest BCUT2D eigenvalue weighted by atomic mass is 10.1. The number of carbonyl (C=O) groups is 1. The molecule has 2 aromatic rings. The molecule has 1 saturated heterocycles. The Morgan fingerprint density at radius 1 is 1.30 bits per heavy atom. The molecule has 27 heavy (non-hydrogen) atoms. The van der Waals surface area contributed by atoms with E-state index in [-0.39, 0.29) is 23.5 Å². The molecule has 3 rings (SSSR count). The predicted octanol–water partition coefficient (Wildman–Crippen LogP) is 2.35. The summed E-state index contributed by atoms with van der Waals surface area (Å²) in [5, 5.41) is 12.0. The average Bonchev–Trinajstić information content (AvgIpc) is 3.02. The third-order valence-corrected chi connectivity index (χ3v) is 6.29. The molecule has 1 amide bonds. The van der Waals surface area contributed by atoms with Crippen molar-refractivity contribution in [3.05, 3.63) is 53.9 Å². The van der Waals surface area contributed by atoms with Crippen LogP contribution >= 0.6 is 0 Å². The summed E-state index contributed by atoms with van der Waals surface area (Å²) in [5.41, 5.74) is 2.38. The van der Waals surface area contributed by atoms with Crippen LogP contribution in [-0.2, 0) is 9.84 Å². The van der Waals surface area contributed by atoms with Gasteiger partial charge in [-0.25, -0.2) is 8.42 Å². The first-order chi connectivity index (χ1) is 12.9. The summed E-state index contributed by atoms with van der Waals surface area (Å²) in [6.45, 7) is 2.28. The van der Waals surface area contributed by atoms with Crippen molar-refractivity contribution in [2.24, 2.45) is 0 Å². The standard InChI is InChI=1S/C19H20N4O3S/c1-2-23(18-7-8-27(25,26)13-18)19(24)15-9-17(12-21-11-15)22-16-5-3-14(10-20)4-6-16/h3-6,9,11-12,18,22H,2,7-8,13H2,1H3. The second kappa shape index (κ2) is 7.76. The third-order valence-electron chi connectivity index (χ3n) is 4.54. The average molecular weight is 384 g/mol. The van der Waals surface area contributed by atoms with Crippen molar-refractivity contribution < 1.29 is 13.2 Å². The van der Waals surface area contributed by atoms with Gasteiger partial charge >= 0.3 is 0 Å². The molecule has 1 aromatic carbocycles. The van der Waals surface area contributed by atoms with E-state index >= 15 is 0 Å². The highest BCUT2D eigenvalue weighted by molar-refractivity contribution is 7.91. The number of anilines is 2. The Labute approximate surface area is 158 Å². The van der Waals surface area contributed by atoms with Crippen LogP contribution in [0.4, 0.5) is 11.4 Å². The number of hydrogen-bond donors (Lipinski definition) is 1. The molecule has 1 aliphatic rings. The summed E-state index contributed by atoms with van der Waals surface area (Å²) in [6, 6.07) is 10.4. The quantitative estimate of drug-likeness (QED) is 0.849. The first-order valence-electron chi connectivity index (χ1n) is 8.65. The van der Waals surface area contributed by atoms with E-state index in [0.29, 0.717) is 29.8 Å². The zero-order valence-electron chi connectivity index (χ0n) is 14.9. The van der Waals surface area contributed by atoms with E-state index in [2.05, 4.69) is 16.4 Å². The molecule has 140 valence electrons. The maximum atomic E-state index is 12.9. The van der Waals surface area contributed by atoms with Crippen LogP contribution in [0.15, 0.2) is 42.7 Å². The molecule has 7 nitrogen and oxygen atoms in total. The molecular weight excluding hydrogens is 364 g/mol. The monoisotopic (exact) mass is 384 g/mol. The van der Waals surface area contributed by atoms with Crippen LogP contribution in [0.3, 0.4) is 0 Å². The van der Waals surface area contributed by atoms with Gasteiger partial charge in [-0.15, -0.1) is 0 Å². The second-order valence-corrected chi connectivity index (χ2v) is 8.65. The number of hydrogen-bond acceptors (Lipinski definition) is 6. The maximum absolute atomic E-state index is 12.9. The number of aromatic nitrogens is 1. The summed E-state index contributed by atoms with van der Waals surface area (Å²) in [4.78, 5) is 18.6. The van der Waals surface area contributed by atoms with Gasteiger partial charge in [0, 0.05) is 24.5 Å². The number of nitriles is 1. The summed E-state index contributed by atoms with van der Waals surface area (Å²) in [5.74, 6) is -0.0843. The number of benzene rings is 1. The van der Waals surface area contributed by atoms with Crippen LogP contribution in [0, 0.1) is 11.3 Å². The maximum Gasteiger partial charge on any atom is 0.255 e. The van der Waals surface area contributed by atoms with Gasteiger partial charge in [-0.05, 0) is 43.7 Å². The Bertz CT molecular complexity index is 981. The van der Waals surface area contributed by atoms with Gasteiger partial charge in [-0.3, -0.25) is 9.78 Å². The Morgan fingerprint density at radius 3 is 2.63 bits per heavy atom. The van der Waals surface area contributed by atoms with E-state index in [0.717, 1.165) is 5.69 Å². The van der Waals surface area contributed by atoms with Gasteiger partial charge in [-0.2, -0.15) is 5.26 Å². The number of carbonyl (C=O) groups excluding carboxylic acids is 1. The van der Waals surface area contributed by atoms with Crippen molar-refractivity contribution in [1.29, 1.82) is 5.26 Å². The van der Waals surface area contributed by atoms with Gasteiger partial charge in [-0.1, -0.05) is 0 Å². The van der Waals surface area contributed by atoms with Gasteiger partial charge in [0.15, 0.2) is 9.84 Å². The number of nitrogens with zero attached hydrogens (tertiary/aromatic N) is 3. The third kappa shape index (κ3) is 4.44. The number of nitrogens with one attached hydrogen (secondary N) is 1. The van der Waals surface area contributed by atoms with Crippen LogP contribution < -0.4 is 5.32 Å². The minimum absolute atomic E-state index is 0.0171. The van der Waals surface area contributed by atoms with Crippen LogP contribution in [0.1, 0.15) is 29.3 Å². The second-order valence-electron chi connectivity index (χ2n) is 6.42. The number of pyridine rings is 1. The van der Waals surface area contributed by atoms with Gasteiger partial charge in [0.1, 0.15) is 0 Å². The lowest BCUT2D eigenvalue weighted by Crippen LogP contribution is -2.41. The molecule has 1 aromatic heterocycles. The Hall–Kier alpha value is -2.92. The number of sulfone groups is 1. The Morgan fingerprint density at radius 2 is 2.04 bits per heavy atom. The van der Waals surface area contributed by atoms with Gasteiger partial charge < -0.3 is 10.2 Å². The summed E-state index contributed by atoms with van der Waals surface area (Å²) >= 11 is 0. The molecule has 0 spiro atoms. The zero-order valence-corrected chi connectivity index (χ0v) is 15.7. The van der Waals surface area contributed by atoms with Crippen molar-refractivity contribution in [2.45, 2.75) is 19.4 Å². The van der Waals surface area contributed by atoms with Gasteiger partial charge in [0.05, 0.1) is 40.6 Å². The first-order valence-corrected chi connectivity index (χ1v) is 10.5. The van der Waals surface area contributed by atoms with E-state index in [1.807, 2.05) is 6.92 Å². The van der Waals surface area contributed by atoms with Crippen LogP contribution in [0.5, 0.6) is 0 Å². The lowest BCUT2D eigenvalue weighted by molar-refractivity contribution is 0.0708. The lowest BCUT2D eigenvalue weighted by Gasteiger charge is -2.27. The summed E-state index contributed by atoms with van der Waals surface area (Å²) in [6.07, 6.45) is 3.56. The smallest absolute Gasteiger partial charge is 0.255 e.